The third-order valence-electron chi connectivity index (χ3n) is 5.25. The first-order valence-corrected chi connectivity index (χ1v) is 9.52. The number of hydrogen-bond donors (Lipinski definition) is 0. The number of halogens is 1. The number of fused-ring (bicyclic) bond motifs is 1. The van der Waals surface area contributed by atoms with Gasteiger partial charge >= 0.3 is 0 Å². The molecule has 0 atom stereocenters. The molecule has 2 aliphatic rings. The zero-order valence-corrected chi connectivity index (χ0v) is 16.3. The molecule has 0 aliphatic carbocycles. The monoisotopic (exact) mass is 386 g/mol. The lowest BCUT2D eigenvalue weighted by Crippen LogP contribution is -2.52. The zero-order chi connectivity index (χ0) is 19.0. The molecule has 5 nitrogen and oxygen atoms in total. The minimum atomic E-state index is -0.646. The Morgan fingerprint density at radius 1 is 1.11 bits per heavy atom. The van der Waals surface area contributed by atoms with E-state index in [9.17, 15) is 4.79 Å². The molecule has 142 valence electrons. The third kappa shape index (κ3) is 3.62. The van der Waals surface area contributed by atoms with Crippen LogP contribution in [0.25, 0.3) is 0 Å². The predicted molar refractivity (Wildman–Crippen MR) is 106 cm³/mol. The number of piperidine rings is 1. The molecule has 0 bridgehead atoms. The molecule has 0 radical (unpaired) electrons. The zero-order valence-electron chi connectivity index (χ0n) is 15.6. The molecular formula is C21H23ClN2O3. The van der Waals surface area contributed by atoms with Gasteiger partial charge in [-0.1, -0.05) is 11.6 Å². The van der Waals surface area contributed by atoms with E-state index in [-0.39, 0.29) is 5.91 Å². The van der Waals surface area contributed by atoms with Crippen LogP contribution in [0.1, 0.15) is 28.8 Å². The van der Waals surface area contributed by atoms with E-state index in [2.05, 4.69) is 0 Å². The summed E-state index contributed by atoms with van der Waals surface area (Å²) in [6, 6.07) is 13.3. The summed E-state index contributed by atoms with van der Waals surface area (Å²) in [4.78, 5) is 16.7. The summed E-state index contributed by atoms with van der Waals surface area (Å²) < 4.78 is 12.2. The van der Waals surface area contributed by atoms with E-state index in [1.165, 1.54) is 0 Å². The quantitative estimate of drug-likeness (QED) is 0.783. The van der Waals surface area contributed by atoms with Crippen molar-refractivity contribution in [3.8, 4) is 5.75 Å². The van der Waals surface area contributed by atoms with Crippen LogP contribution >= 0.6 is 11.6 Å². The second-order valence-electron chi connectivity index (χ2n) is 7.29. The number of anilines is 1. The number of amides is 1. The van der Waals surface area contributed by atoms with Gasteiger partial charge in [0.15, 0.2) is 0 Å². The number of hydrogen-bond acceptors (Lipinski definition) is 4. The summed E-state index contributed by atoms with van der Waals surface area (Å²) in [7, 11) is 3.97. The summed E-state index contributed by atoms with van der Waals surface area (Å²) in [5.41, 5.74) is 2.75. The molecule has 1 saturated heterocycles. The molecule has 2 aromatic carbocycles. The number of likely N-dealkylation sites (tertiary alicyclic amines) is 1. The van der Waals surface area contributed by atoms with E-state index in [0.717, 1.165) is 17.0 Å². The van der Waals surface area contributed by atoms with E-state index in [4.69, 9.17) is 21.1 Å². The number of rotatable bonds is 2. The SMILES string of the molecule is CN(C)c1ccc(C(=O)N2CCC3(CC2)OCc2cc(Cl)ccc2O3)cc1. The molecule has 1 fully saturated rings. The fourth-order valence-electron chi connectivity index (χ4n) is 3.58. The summed E-state index contributed by atoms with van der Waals surface area (Å²) in [5.74, 6) is 0.231. The summed E-state index contributed by atoms with van der Waals surface area (Å²) in [5, 5.41) is 0.678. The molecule has 1 amide bonds. The van der Waals surface area contributed by atoms with E-state index < -0.39 is 5.79 Å². The van der Waals surface area contributed by atoms with E-state index in [0.29, 0.717) is 43.1 Å². The van der Waals surface area contributed by atoms with Gasteiger partial charge in [0.25, 0.3) is 5.91 Å². The normalized spacial score (nSPS) is 18.0. The number of nitrogens with zero attached hydrogens (tertiary/aromatic N) is 2. The van der Waals surface area contributed by atoms with Gasteiger partial charge in [-0.25, -0.2) is 0 Å². The lowest BCUT2D eigenvalue weighted by Gasteiger charge is -2.44. The van der Waals surface area contributed by atoms with Crippen molar-refractivity contribution in [3.05, 3.63) is 58.6 Å². The van der Waals surface area contributed by atoms with Gasteiger partial charge < -0.3 is 19.3 Å². The van der Waals surface area contributed by atoms with Gasteiger partial charge in [-0.15, -0.1) is 0 Å². The van der Waals surface area contributed by atoms with Gasteiger partial charge in [0.2, 0.25) is 5.79 Å². The van der Waals surface area contributed by atoms with Gasteiger partial charge in [-0.05, 0) is 42.5 Å². The average molecular weight is 387 g/mol. The van der Waals surface area contributed by atoms with Crippen molar-refractivity contribution < 1.29 is 14.3 Å². The van der Waals surface area contributed by atoms with E-state index in [1.807, 2.05) is 66.4 Å². The standard InChI is InChI=1S/C21H23ClN2O3/c1-23(2)18-6-3-15(4-7-18)20(25)24-11-9-21(10-12-24)26-14-16-13-17(22)5-8-19(16)27-21/h3-8,13H,9-12,14H2,1-2H3. The summed E-state index contributed by atoms with van der Waals surface area (Å²) >= 11 is 6.04. The third-order valence-corrected chi connectivity index (χ3v) is 5.49. The summed E-state index contributed by atoms with van der Waals surface area (Å²) in [6.45, 7) is 1.70. The van der Waals surface area contributed by atoms with Gasteiger partial charge in [0, 0.05) is 61.9 Å². The fraction of sp³-hybridized carbons (Fsp3) is 0.381. The second kappa shape index (κ2) is 7.06. The van der Waals surface area contributed by atoms with Gasteiger partial charge in [-0.2, -0.15) is 0 Å². The lowest BCUT2D eigenvalue weighted by molar-refractivity contribution is -0.225. The second-order valence-corrected chi connectivity index (χ2v) is 7.72. The Morgan fingerprint density at radius 3 is 2.48 bits per heavy atom. The Bertz CT molecular complexity index is 843. The molecule has 1 spiro atoms. The predicted octanol–water partition coefficient (Wildman–Crippen LogP) is 3.95. The molecule has 2 aliphatic heterocycles. The number of benzene rings is 2. The molecule has 2 heterocycles. The van der Waals surface area contributed by atoms with Crippen LogP contribution in [0.5, 0.6) is 5.75 Å². The van der Waals surface area contributed by atoms with Crippen LogP contribution in [0.4, 0.5) is 5.69 Å². The number of carbonyl (C=O) groups excluding carboxylic acids is 1. The number of carbonyl (C=O) groups is 1. The molecule has 4 rings (SSSR count). The van der Waals surface area contributed by atoms with E-state index in [1.54, 1.807) is 0 Å². The Hall–Kier alpha value is -2.24. The largest absolute Gasteiger partial charge is 0.462 e. The molecule has 27 heavy (non-hydrogen) atoms. The van der Waals surface area contributed by atoms with Crippen LogP contribution in [-0.4, -0.2) is 43.8 Å². The van der Waals surface area contributed by atoms with Gasteiger partial charge in [0.1, 0.15) is 5.75 Å². The van der Waals surface area contributed by atoms with Gasteiger partial charge in [0.05, 0.1) is 6.61 Å². The number of ether oxygens (including phenoxy) is 2. The van der Waals surface area contributed by atoms with Crippen LogP contribution in [-0.2, 0) is 11.3 Å². The van der Waals surface area contributed by atoms with Crippen LogP contribution in [0, 0.1) is 0 Å². The van der Waals surface area contributed by atoms with Crippen molar-refractivity contribution >= 4 is 23.2 Å². The maximum Gasteiger partial charge on any atom is 0.253 e. The Morgan fingerprint density at radius 2 is 1.81 bits per heavy atom. The first-order chi connectivity index (χ1) is 13.0. The smallest absolute Gasteiger partial charge is 0.253 e. The molecule has 2 aromatic rings. The van der Waals surface area contributed by atoms with Crippen LogP contribution in [0.3, 0.4) is 0 Å². The van der Waals surface area contributed by atoms with Crippen molar-refractivity contribution in [3.63, 3.8) is 0 Å². The van der Waals surface area contributed by atoms with Crippen molar-refractivity contribution in [1.29, 1.82) is 0 Å². The minimum absolute atomic E-state index is 0.0538. The van der Waals surface area contributed by atoms with Crippen LogP contribution < -0.4 is 9.64 Å². The maximum atomic E-state index is 12.8. The maximum absolute atomic E-state index is 12.8. The molecular weight excluding hydrogens is 364 g/mol. The van der Waals surface area contributed by atoms with Gasteiger partial charge in [-0.3, -0.25) is 4.79 Å². The Balaban J connectivity index is 1.41. The molecule has 6 heteroatoms. The van der Waals surface area contributed by atoms with Crippen molar-refractivity contribution in [2.45, 2.75) is 25.2 Å². The average Bonchev–Trinajstić information content (AvgIpc) is 2.68. The highest BCUT2D eigenvalue weighted by atomic mass is 35.5. The topological polar surface area (TPSA) is 42.0 Å². The van der Waals surface area contributed by atoms with Crippen LogP contribution in [0.15, 0.2) is 42.5 Å². The van der Waals surface area contributed by atoms with Crippen molar-refractivity contribution in [2.75, 3.05) is 32.1 Å². The highest BCUT2D eigenvalue weighted by Gasteiger charge is 2.42. The molecule has 0 saturated carbocycles. The lowest BCUT2D eigenvalue weighted by atomic mass is 10.0. The first kappa shape index (κ1) is 18.1. The highest BCUT2D eigenvalue weighted by Crippen LogP contribution is 2.38. The fourth-order valence-corrected chi connectivity index (χ4v) is 3.78. The summed E-state index contributed by atoms with van der Waals surface area (Å²) in [6.07, 6.45) is 1.30. The van der Waals surface area contributed by atoms with Crippen molar-refractivity contribution in [2.24, 2.45) is 0 Å². The minimum Gasteiger partial charge on any atom is -0.462 e. The molecule has 0 unspecified atom stereocenters. The van der Waals surface area contributed by atoms with Crippen molar-refractivity contribution in [1.82, 2.24) is 4.90 Å². The van der Waals surface area contributed by atoms with Crippen LogP contribution in [0.2, 0.25) is 5.02 Å². The Kier molecular flexibility index (Phi) is 4.74. The molecule has 0 N–H and O–H groups in total. The molecule has 0 aromatic heterocycles. The Labute approximate surface area is 164 Å². The first-order valence-electron chi connectivity index (χ1n) is 9.14. The highest BCUT2D eigenvalue weighted by molar-refractivity contribution is 6.30. The van der Waals surface area contributed by atoms with E-state index >= 15 is 0 Å².